The van der Waals surface area contributed by atoms with Crippen LogP contribution in [0.1, 0.15) is 51.1 Å². The van der Waals surface area contributed by atoms with Crippen LogP contribution in [-0.4, -0.2) is 47.4 Å². The molecule has 29 heavy (non-hydrogen) atoms. The number of hydrogen-bond donors (Lipinski definition) is 3. The van der Waals surface area contributed by atoms with Gasteiger partial charge in [-0.15, -0.1) is 0 Å². The smallest absolute Gasteiger partial charge is 0.333 e. The summed E-state index contributed by atoms with van der Waals surface area (Å²) in [6.45, 7) is 2.21. The van der Waals surface area contributed by atoms with Gasteiger partial charge in [0, 0.05) is 13.3 Å². The normalized spacial score (nSPS) is 12.0. The number of ether oxygens (including phenoxy) is 2. The molecule has 0 aromatic heterocycles. The maximum Gasteiger partial charge on any atom is 0.333 e. The first kappa shape index (κ1) is 24.3. The van der Waals surface area contributed by atoms with Crippen molar-refractivity contribution in [1.82, 2.24) is 5.32 Å². The van der Waals surface area contributed by atoms with Crippen LogP contribution in [0.5, 0.6) is 5.75 Å². The SMILES string of the molecule is CC/C=C\CCCC(=O)Oc1ccc(C(NC(C)=O)C(=O)OC(CO)CO)cc1. The first-order chi connectivity index (χ1) is 13.9. The number of allylic oxidation sites excluding steroid dienone is 2. The first-order valence-corrected chi connectivity index (χ1v) is 9.56. The van der Waals surface area contributed by atoms with E-state index in [1.165, 1.54) is 31.2 Å². The van der Waals surface area contributed by atoms with Crippen LogP contribution in [0.4, 0.5) is 0 Å². The summed E-state index contributed by atoms with van der Waals surface area (Å²) < 4.78 is 10.3. The monoisotopic (exact) mass is 407 g/mol. The van der Waals surface area contributed by atoms with Crippen molar-refractivity contribution in [2.24, 2.45) is 0 Å². The van der Waals surface area contributed by atoms with Gasteiger partial charge >= 0.3 is 11.9 Å². The molecular weight excluding hydrogens is 378 g/mol. The zero-order valence-corrected chi connectivity index (χ0v) is 16.8. The standard InChI is InChI=1S/C21H29NO7/c1-3-4-5-6-7-8-19(26)28-17-11-9-16(10-12-17)20(22-15(2)25)21(27)29-18(13-23)14-24/h4-5,9-12,18,20,23-24H,3,6-8,13-14H2,1-2H3,(H,22,25)/b5-4-. The minimum absolute atomic E-state index is 0.292. The highest BCUT2D eigenvalue weighted by molar-refractivity contribution is 5.84. The van der Waals surface area contributed by atoms with E-state index in [4.69, 9.17) is 19.7 Å². The van der Waals surface area contributed by atoms with Crippen LogP contribution in [0.15, 0.2) is 36.4 Å². The number of carbonyl (C=O) groups is 3. The van der Waals surface area contributed by atoms with Crippen molar-refractivity contribution in [3.05, 3.63) is 42.0 Å². The summed E-state index contributed by atoms with van der Waals surface area (Å²) in [5.74, 6) is -1.31. The fraction of sp³-hybridized carbons (Fsp3) is 0.476. The molecule has 1 amide bonds. The lowest BCUT2D eigenvalue weighted by molar-refractivity contribution is -0.157. The highest BCUT2D eigenvalue weighted by Gasteiger charge is 2.26. The van der Waals surface area contributed by atoms with Gasteiger partial charge in [-0.05, 0) is 37.0 Å². The predicted molar refractivity (Wildman–Crippen MR) is 106 cm³/mol. The second-order valence-corrected chi connectivity index (χ2v) is 6.37. The van der Waals surface area contributed by atoms with Crippen molar-refractivity contribution >= 4 is 17.8 Å². The van der Waals surface area contributed by atoms with Gasteiger partial charge in [0.2, 0.25) is 5.91 Å². The molecule has 0 saturated heterocycles. The van der Waals surface area contributed by atoms with Gasteiger partial charge in [0.25, 0.3) is 0 Å². The molecule has 1 aromatic rings. The third kappa shape index (κ3) is 9.36. The Morgan fingerprint density at radius 3 is 2.31 bits per heavy atom. The van der Waals surface area contributed by atoms with Gasteiger partial charge in [-0.2, -0.15) is 0 Å². The number of aliphatic hydroxyl groups is 2. The molecule has 0 aliphatic carbocycles. The number of aliphatic hydroxyl groups excluding tert-OH is 2. The van der Waals surface area contributed by atoms with Crippen LogP contribution >= 0.6 is 0 Å². The topological polar surface area (TPSA) is 122 Å². The van der Waals surface area contributed by atoms with Crippen LogP contribution in [0.25, 0.3) is 0 Å². The Morgan fingerprint density at radius 2 is 1.76 bits per heavy atom. The Morgan fingerprint density at radius 1 is 1.10 bits per heavy atom. The molecule has 0 fully saturated rings. The van der Waals surface area contributed by atoms with E-state index in [0.29, 0.717) is 24.2 Å². The van der Waals surface area contributed by atoms with Gasteiger partial charge in [-0.3, -0.25) is 9.59 Å². The molecule has 1 unspecified atom stereocenters. The molecule has 0 spiro atoms. The highest BCUT2D eigenvalue weighted by Crippen LogP contribution is 2.20. The molecule has 0 heterocycles. The van der Waals surface area contributed by atoms with E-state index < -0.39 is 37.2 Å². The molecule has 0 radical (unpaired) electrons. The molecule has 3 N–H and O–H groups in total. The minimum atomic E-state index is -1.12. The average Bonchev–Trinajstić information content (AvgIpc) is 2.70. The van der Waals surface area contributed by atoms with Gasteiger partial charge in [0.1, 0.15) is 11.9 Å². The van der Waals surface area contributed by atoms with E-state index in [1.807, 2.05) is 19.1 Å². The van der Waals surface area contributed by atoms with Gasteiger partial charge in [-0.25, -0.2) is 4.79 Å². The molecule has 8 heteroatoms. The zero-order valence-electron chi connectivity index (χ0n) is 16.8. The van der Waals surface area contributed by atoms with Gasteiger partial charge in [0.05, 0.1) is 13.2 Å². The van der Waals surface area contributed by atoms with Crippen molar-refractivity contribution in [2.75, 3.05) is 13.2 Å². The molecule has 0 saturated carbocycles. The Bertz CT molecular complexity index is 681. The largest absolute Gasteiger partial charge is 0.456 e. The van der Waals surface area contributed by atoms with Crippen molar-refractivity contribution in [3.8, 4) is 5.75 Å². The maximum atomic E-state index is 12.3. The number of hydrogen-bond acceptors (Lipinski definition) is 7. The number of carbonyl (C=O) groups excluding carboxylic acids is 3. The van der Waals surface area contributed by atoms with E-state index in [1.54, 1.807) is 0 Å². The van der Waals surface area contributed by atoms with Crippen LogP contribution in [-0.2, 0) is 19.1 Å². The van der Waals surface area contributed by atoms with Gasteiger partial charge in [-0.1, -0.05) is 31.2 Å². The number of benzene rings is 1. The summed E-state index contributed by atoms with van der Waals surface area (Å²) in [7, 11) is 0. The number of esters is 2. The molecule has 1 rings (SSSR count). The second-order valence-electron chi connectivity index (χ2n) is 6.37. The Hall–Kier alpha value is -2.71. The summed E-state index contributed by atoms with van der Waals surface area (Å²) in [5.41, 5.74) is 0.407. The third-order valence-electron chi connectivity index (χ3n) is 3.87. The molecular formula is C21H29NO7. The average molecular weight is 407 g/mol. The Labute approximate surface area is 170 Å². The number of rotatable bonds is 12. The molecule has 8 nitrogen and oxygen atoms in total. The second kappa shape index (κ2) is 13.5. The molecule has 1 aromatic carbocycles. The lowest BCUT2D eigenvalue weighted by atomic mass is 10.1. The summed E-state index contributed by atoms with van der Waals surface area (Å²) >= 11 is 0. The molecule has 0 aliphatic heterocycles. The fourth-order valence-electron chi connectivity index (χ4n) is 2.41. The number of nitrogens with one attached hydrogen (secondary N) is 1. The van der Waals surface area contributed by atoms with E-state index in [9.17, 15) is 14.4 Å². The van der Waals surface area contributed by atoms with Crippen LogP contribution < -0.4 is 10.1 Å². The number of unbranched alkanes of at least 4 members (excludes halogenated alkanes) is 1. The van der Waals surface area contributed by atoms with Crippen molar-refractivity contribution in [3.63, 3.8) is 0 Å². The molecule has 160 valence electrons. The lowest BCUT2D eigenvalue weighted by Gasteiger charge is -2.20. The van der Waals surface area contributed by atoms with E-state index in [0.717, 1.165) is 12.8 Å². The third-order valence-corrected chi connectivity index (χ3v) is 3.87. The van der Waals surface area contributed by atoms with Crippen LogP contribution in [0, 0.1) is 0 Å². The number of amides is 1. The van der Waals surface area contributed by atoms with Gasteiger partial charge in [0.15, 0.2) is 6.04 Å². The summed E-state index contributed by atoms with van der Waals surface area (Å²) in [4.78, 5) is 35.6. The van der Waals surface area contributed by atoms with Gasteiger partial charge < -0.3 is 25.0 Å². The van der Waals surface area contributed by atoms with E-state index >= 15 is 0 Å². The molecule has 0 aliphatic rings. The summed E-state index contributed by atoms with van der Waals surface area (Å²) in [5, 5.41) is 20.6. The Balaban J connectivity index is 2.73. The molecule has 1 atom stereocenters. The highest BCUT2D eigenvalue weighted by atomic mass is 16.6. The first-order valence-electron chi connectivity index (χ1n) is 9.56. The maximum absolute atomic E-state index is 12.3. The summed E-state index contributed by atoms with van der Waals surface area (Å²) in [6, 6.07) is 4.97. The van der Waals surface area contributed by atoms with E-state index in [2.05, 4.69) is 5.32 Å². The van der Waals surface area contributed by atoms with E-state index in [-0.39, 0.29) is 5.97 Å². The van der Waals surface area contributed by atoms with Crippen molar-refractivity contribution < 1.29 is 34.1 Å². The zero-order chi connectivity index (χ0) is 21.6. The van der Waals surface area contributed by atoms with Crippen molar-refractivity contribution in [2.45, 2.75) is 51.7 Å². The Kier molecular flexibility index (Phi) is 11.3. The minimum Gasteiger partial charge on any atom is -0.456 e. The molecule has 0 bridgehead atoms. The summed E-state index contributed by atoms with van der Waals surface area (Å²) in [6.07, 6.45) is 5.76. The fourth-order valence-corrected chi connectivity index (χ4v) is 2.41. The predicted octanol–water partition coefficient (Wildman–Crippen LogP) is 1.80. The van der Waals surface area contributed by atoms with Crippen LogP contribution in [0.2, 0.25) is 0 Å². The quantitative estimate of drug-likeness (QED) is 0.209. The van der Waals surface area contributed by atoms with Crippen LogP contribution in [0.3, 0.4) is 0 Å². The van der Waals surface area contributed by atoms with Crippen molar-refractivity contribution in [1.29, 1.82) is 0 Å². The lowest BCUT2D eigenvalue weighted by Crippen LogP contribution is -2.37.